The second-order valence-electron chi connectivity index (χ2n) is 4.21. The van der Waals surface area contributed by atoms with E-state index < -0.39 is 11.8 Å². The molecule has 0 spiro atoms. The minimum Gasteiger partial charge on any atom is -0.326 e. The predicted molar refractivity (Wildman–Crippen MR) is 55.9 cm³/mol. The van der Waals surface area contributed by atoms with Crippen LogP contribution in [0.2, 0.25) is 0 Å². The van der Waals surface area contributed by atoms with Gasteiger partial charge in [0.25, 0.3) is 0 Å². The van der Waals surface area contributed by atoms with Crippen molar-refractivity contribution in [2.45, 2.75) is 37.6 Å². The van der Waals surface area contributed by atoms with Gasteiger partial charge in [-0.25, -0.2) is 8.78 Å². The first-order valence-electron chi connectivity index (χ1n) is 5.27. The van der Waals surface area contributed by atoms with Crippen molar-refractivity contribution < 1.29 is 8.78 Å². The summed E-state index contributed by atoms with van der Waals surface area (Å²) in [7, 11) is 0. The van der Waals surface area contributed by atoms with E-state index in [-0.39, 0.29) is 0 Å². The maximum atomic E-state index is 13.0. The molecule has 0 atom stereocenters. The lowest BCUT2D eigenvalue weighted by Crippen LogP contribution is -2.41. The summed E-state index contributed by atoms with van der Waals surface area (Å²) >= 11 is 0. The second kappa shape index (κ2) is 3.89. The van der Waals surface area contributed by atoms with Crippen LogP contribution in [0.5, 0.6) is 0 Å². The largest absolute Gasteiger partial charge is 0.326 e. The van der Waals surface area contributed by atoms with Crippen molar-refractivity contribution >= 4 is 0 Å². The Kier molecular flexibility index (Phi) is 2.74. The van der Waals surface area contributed by atoms with Crippen LogP contribution in [0.3, 0.4) is 0 Å². The molecule has 1 nitrogen and oxygen atoms in total. The van der Waals surface area contributed by atoms with E-state index in [4.69, 9.17) is 5.73 Å². The van der Waals surface area contributed by atoms with Crippen LogP contribution in [-0.4, -0.2) is 6.43 Å². The van der Waals surface area contributed by atoms with Gasteiger partial charge in [-0.2, -0.15) is 0 Å². The molecule has 0 unspecified atom stereocenters. The van der Waals surface area contributed by atoms with Gasteiger partial charge < -0.3 is 5.73 Å². The first-order valence-corrected chi connectivity index (χ1v) is 5.27. The van der Waals surface area contributed by atoms with E-state index in [9.17, 15) is 8.78 Å². The Morgan fingerprint density at radius 2 is 1.80 bits per heavy atom. The van der Waals surface area contributed by atoms with Crippen molar-refractivity contribution in [3.8, 4) is 0 Å². The fourth-order valence-electron chi connectivity index (χ4n) is 2.16. The number of hydrogen-bond acceptors (Lipinski definition) is 1. The molecule has 1 fully saturated rings. The van der Waals surface area contributed by atoms with Crippen LogP contribution >= 0.6 is 0 Å². The van der Waals surface area contributed by atoms with Crippen LogP contribution in [0, 0.1) is 0 Å². The van der Waals surface area contributed by atoms with E-state index in [1.165, 1.54) is 0 Å². The first-order chi connectivity index (χ1) is 7.19. The van der Waals surface area contributed by atoms with Gasteiger partial charge in [-0.3, -0.25) is 0 Å². The van der Waals surface area contributed by atoms with Gasteiger partial charge in [0.05, 0.1) is 5.41 Å². The summed E-state index contributed by atoms with van der Waals surface area (Å²) in [6.45, 7) is 0.460. The molecular formula is C12H15F2N. The standard InChI is InChI=1S/C12H15F2N/c13-11(14)12(6-1-7-12)10-4-2-9(8-15)3-5-10/h2-5,11H,1,6-8,15H2. The quantitative estimate of drug-likeness (QED) is 0.817. The highest BCUT2D eigenvalue weighted by atomic mass is 19.3. The third-order valence-electron chi connectivity index (χ3n) is 3.43. The third-order valence-corrected chi connectivity index (χ3v) is 3.43. The monoisotopic (exact) mass is 211 g/mol. The van der Waals surface area contributed by atoms with Gasteiger partial charge in [-0.1, -0.05) is 30.7 Å². The average molecular weight is 211 g/mol. The van der Waals surface area contributed by atoms with E-state index in [2.05, 4.69) is 0 Å². The zero-order valence-electron chi connectivity index (χ0n) is 8.55. The van der Waals surface area contributed by atoms with E-state index in [1.54, 1.807) is 12.1 Å². The molecule has 3 heteroatoms. The molecule has 0 aliphatic heterocycles. The maximum absolute atomic E-state index is 13.0. The highest BCUT2D eigenvalue weighted by Crippen LogP contribution is 2.48. The molecule has 1 aliphatic carbocycles. The molecule has 0 heterocycles. The van der Waals surface area contributed by atoms with Crippen molar-refractivity contribution in [3.63, 3.8) is 0 Å². The summed E-state index contributed by atoms with van der Waals surface area (Å²) in [4.78, 5) is 0. The molecule has 82 valence electrons. The highest BCUT2D eigenvalue weighted by molar-refractivity contribution is 5.32. The number of benzene rings is 1. The molecule has 2 rings (SSSR count). The van der Waals surface area contributed by atoms with Gasteiger partial charge in [0.2, 0.25) is 6.43 Å². The first kappa shape index (κ1) is 10.6. The van der Waals surface area contributed by atoms with Crippen LogP contribution in [0.15, 0.2) is 24.3 Å². The van der Waals surface area contributed by atoms with Gasteiger partial charge in [0, 0.05) is 6.54 Å². The molecule has 1 aromatic carbocycles. The smallest absolute Gasteiger partial charge is 0.248 e. The Morgan fingerprint density at radius 1 is 1.20 bits per heavy atom. The molecule has 0 aromatic heterocycles. The van der Waals surface area contributed by atoms with Gasteiger partial charge in [0.1, 0.15) is 0 Å². The predicted octanol–water partition coefficient (Wildman–Crippen LogP) is 2.83. The van der Waals surface area contributed by atoms with Gasteiger partial charge in [-0.05, 0) is 24.0 Å². The number of hydrogen-bond donors (Lipinski definition) is 1. The van der Waals surface area contributed by atoms with Crippen molar-refractivity contribution in [2.24, 2.45) is 5.73 Å². The molecule has 2 N–H and O–H groups in total. The molecule has 0 bridgehead atoms. The second-order valence-corrected chi connectivity index (χ2v) is 4.21. The Hall–Kier alpha value is -0.960. The summed E-state index contributed by atoms with van der Waals surface area (Å²) in [5.74, 6) is 0. The van der Waals surface area contributed by atoms with Crippen molar-refractivity contribution in [1.29, 1.82) is 0 Å². The number of alkyl halides is 2. The lowest BCUT2D eigenvalue weighted by molar-refractivity contribution is 0.000830. The van der Waals surface area contributed by atoms with Crippen LogP contribution in [0.1, 0.15) is 30.4 Å². The summed E-state index contributed by atoms with van der Waals surface area (Å²) < 4.78 is 26.0. The lowest BCUT2D eigenvalue weighted by Gasteiger charge is -2.41. The molecular weight excluding hydrogens is 196 g/mol. The minimum absolute atomic E-state index is 0.460. The van der Waals surface area contributed by atoms with Gasteiger partial charge in [-0.15, -0.1) is 0 Å². The normalized spacial score (nSPS) is 18.9. The Bertz CT molecular complexity index is 328. The SMILES string of the molecule is NCc1ccc(C2(C(F)F)CCC2)cc1. The van der Waals surface area contributed by atoms with Crippen LogP contribution in [-0.2, 0) is 12.0 Å². The van der Waals surface area contributed by atoms with Crippen LogP contribution in [0.25, 0.3) is 0 Å². The molecule has 1 aliphatic rings. The van der Waals surface area contributed by atoms with Gasteiger partial charge in [0.15, 0.2) is 0 Å². The molecule has 1 saturated carbocycles. The minimum atomic E-state index is -2.25. The molecule has 0 saturated heterocycles. The van der Waals surface area contributed by atoms with Crippen molar-refractivity contribution in [1.82, 2.24) is 0 Å². The van der Waals surface area contributed by atoms with Crippen molar-refractivity contribution in [3.05, 3.63) is 35.4 Å². The number of nitrogens with two attached hydrogens (primary N) is 1. The zero-order valence-corrected chi connectivity index (χ0v) is 8.55. The lowest BCUT2D eigenvalue weighted by atomic mass is 9.64. The van der Waals surface area contributed by atoms with E-state index in [0.717, 1.165) is 17.5 Å². The van der Waals surface area contributed by atoms with E-state index in [0.29, 0.717) is 19.4 Å². The molecule has 15 heavy (non-hydrogen) atoms. The molecule has 0 amide bonds. The third kappa shape index (κ3) is 1.65. The van der Waals surface area contributed by atoms with Crippen molar-refractivity contribution in [2.75, 3.05) is 0 Å². The van der Waals surface area contributed by atoms with E-state index in [1.807, 2.05) is 12.1 Å². The average Bonchev–Trinajstić information content (AvgIpc) is 2.16. The Labute approximate surface area is 88.3 Å². The topological polar surface area (TPSA) is 26.0 Å². The highest BCUT2D eigenvalue weighted by Gasteiger charge is 2.46. The Balaban J connectivity index is 2.27. The van der Waals surface area contributed by atoms with E-state index >= 15 is 0 Å². The molecule has 0 radical (unpaired) electrons. The number of halogens is 2. The Morgan fingerprint density at radius 3 is 2.13 bits per heavy atom. The maximum Gasteiger partial charge on any atom is 0.248 e. The zero-order chi connectivity index (χ0) is 10.9. The fourth-order valence-corrected chi connectivity index (χ4v) is 2.16. The molecule has 1 aromatic rings. The van der Waals surface area contributed by atoms with Crippen LogP contribution < -0.4 is 5.73 Å². The summed E-state index contributed by atoms with van der Waals surface area (Å²) in [5.41, 5.74) is 6.35. The summed E-state index contributed by atoms with van der Waals surface area (Å²) in [6, 6.07) is 7.29. The number of rotatable bonds is 3. The van der Waals surface area contributed by atoms with Gasteiger partial charge >= 0.3 is 0 Å². The summed E-state index contributed by atoms with van der Waals surface area (Å²) in [5, 5.41) is 0. The van der Waals surface area contributed by atoms with Crippen LogP contribution in [0.4, 0.5) is 8.78 Å². The fraction of sp³-hybridized carbons (Fsp3) is 0.500. The summed E-state index contributed by atoms with van der Waals surface area (Å²) in [6.07, 6.45) is -0.141.